The lowest BCUT2D eigenvalue weighted by Crippen LogP contribution is -2.44. The fourth-order valence-corrected chi connectivity index (χ4v) is 4.83. The first-order valence-corrected chi connectivity index (χ1v) is 9.31. The molecule has 0 spiro atoms. The molecular weight excluding hydrogens is 332 g/mol. The summed E-state index contributed by atoms with van der Waals surface area (Å²) in [5.74, 6) is -0.670. The van der Waals surface area contributed by atoms with Crippen molar-refractivity contribution < 1.29 is 19.4 Å². The van der Waals surface area contributed by atoms with E-state index in [1.54, 1.807) is 7.11 Å². The molecule has 4 rings (SSSR count). The van der Waals surface area contributed by atoms with Crippen molar-refractivity contribution in [2.45, 2.75) is 18.3 Å². The molecule has 1 aliphatic carbocycles. The standard InChI is InChI=1S/C20H26N2O4/c1-26-10-9-21-11-16-12-22(14-20(16,13-21)18(24)25)17(23)19(7-8-19)15-5-3-2-4-6-15/h2-6,16H,7-14H2,1H3,(H,24,25)/t16-,20-/m1/s1. The molecule has 0 unspecified atom stereocenters. The second kappa shape index (κ2) is 6.35. The Kier molecular flexibility index (Phi) is 4.28. The molecule has 0 radical (unpaired) electrons. The Morgan fingerprint density at radius 2 is 1.92 bits per heavy atom. The lowest BCUT2D eigenvalue weighted by Gasteiger charge is -2.28. The minimum atomic E-state index is -0.837. The average molecular weight is 358 g/mol. The van der Waals surface area contributed by atoms with Gasteiger partial charge in [-0.05, 0) is 18.4 Å². The summed E-state index contributed by atoms with van der Waals surface area (Å²) < 4.78 is 5.13. The molecular formula is C20H26N2O4. The Morgan fingerprint density at radius 1 is 1.19 bits per heavy atom. The molecule has 1 amide bonds. The van der Waals surface area contributed by atoms with Crippen LogP contribution in [0.15, 0.2) is 30.3 Å². The van der Waals surface area contributed by atoms with Crippen molar-refractivity contribution in [2.24, 2.45) is 11.3 Å². The number of hydrogen-bond donors (Lipinski definition) is 1. The van der Waals surface area contributed by atoms with Crippen LogP contribution in [0.2, 0.25) is 0 Å². The fourth-order valence-electron chi connectivity index (χ4n) is 4.83. The number of rotatable bonds is 6. The number of benzene rings is 1. The molecule has 3 aliphatic rings. The largest absolute Gasteiger partial charge is 0.481 e. The van der Waals surface area contributed by atoms with Crippen LogP contribution in [0.5, 0.6) is 0 Å². The van der Waals surface area contributed by atoms with Gasteiger partial charge in [-0.1, -0.05) is 30.3 Å². The van der Waals surface area contributed by atoms with Gasteiger partial charge >= 0.3 is 5.97 Å². The van der Waals surface area contributed by atoms with Gasteiger partial charge in [0.15, 0.2) is 0 Å². The highest BCUT2D eigenvalue weighted by molar-refractivity contribution is 5.92. The Labute approximate surface area is 153 Å². The minimum Gasteiger partial charge on any atom is -0.481 e. The lowest BCUT2D eigenvalue weighted by atomic mass is 9.81. The van der Waals surface area contributed by atoms with Crippen LogP contribution >= 0.6 is 0 Å². The van der Waals surface area contributed by atoms with Gasteiger partial charge in [0.2, 0.25) is 5.91 Å². The quantitative estimate of drug-likeness (QED) is 0.828. The van der Waals surface area contributed by atoms with Gasteiger partial charge in [0.1, 0.15) is 5.41 Å². The summed E-state index contributed by atoms with van der Waals surface area (Å²) in [5.41, 5.74) is -0.195. The number of carbonyl (C=O) groups is 2. The van der Waals surface area contributed by atoms with E-state index in [4.69, 9.17) is 4.74 Å². The van der Waals surface area contributed by atoms with E-state index in [0.717, 1.165) is 31.5 Å². The van der Waals surface area contributed by atoms with Crippen molar-refractivity contribution in [3.8, 4) is 0 Å². The first kappa shape index (κ1) is 17.5. The number of carbonyl (C=O) groups excluding carboxylic acids is 1. The van der Waals surface area contributed by atoms with Gasteiger partial charge in [0.05, 0.1) is 12.0 Å². The molecule has 1 aromatic rings. The molecule has 26 heavy (non-hydrogen) atoms. The van der Waals surface area contributed by atoms with E-state index in [2.05, 4.69) is 4.90 Å². The molecule has 3 fully saturated rings. The second-order valence-corrected chi connectivity index (χ2v) is 8.02. The Balaban J connectivity index is 1.51. The third-order valence-corrected chi connectivity index (χ3v) is 6.49. The predicted octanol–water partition coefficient (Wildman–Crippen LogP) is 1.21. The smallest absolute Gasteiger partial charge is 0.313 e. The number of likely N-dealkylation sites (tertiary alicyclic amines) is 2. The van der Waals surface area contributed by atoms with Crippen LogP contribution in [-0.2, 0) is 19.7 Å². The van der Waals surface area contributed by atoms with Gasteiger partial charge in [0, 0.05) is 45.8 Å². The predicted molar refractivity (Wildman–Crippen MR) is 95.8 cm³/mol. The summed E-state index contributed by atoms with van der Waals surface area (Å²) in [6, 6.07) is 9.92. The number of nitrogens with zero attached hydrogens (tertiary/aromatic N) is 2. The molecule has 0 aromatic heterocycles. The summed E-state index contributed by atoms with van der Waals surface area (Å²) in [4.78, 5) is 29.4. The topological polar surface area (TPSA) is 70.1 Å². The molecule has 2 saturated heterocycles. The molecule has 0 bridgehead atoms. The zero-order chi connectivity index (χ0) is 18.4. The molecule has 6 nitrogen and oxygen atoms in total. The van der Waals surface area contributed by atoms with Crippen molar-refractivity contribution >= 4 is 11.9 Å². The van der Waals surface area contributed by atoms with Crippen LogP contribution in [0, 0.1) is 11.3 Å². The second-order valence-electron chi connectivity index (χ2n) is 8.02. The van der Waals surface area contributed by atoms with Crippen LogP contribution in [-0.4, -0.2) is 73.2 Å². The summed E-state index contributed by atoms with van der Waals surface area (Å²) in [6.07, 6.45) is 1.72. The van der Waals surface area contributed by atoms with Crippen LogP contribution < -0.4 is 0 Å². The van der Waals surface area contributed by atoms with E-state index in [1.165, 1.54) is 0 Å². The Bertz CT molecular complexity index is 703. The monoisotopic (exact) mass is 358 g/mol. The third-order valence-electron chi connectivity index (χ3n) is 6.49. The van der Waals surface area contributed by atoms with Gasteiger partial charge in [-0.15, -0.1) is 0 Å². The van der Waals surface area contributed by atoms with Crippen LogP contribution in [0.4, 0.5) is 0 Å². The minimum absolute atomic E-state index is 0.00706. The molecule has 2 aliphatic heterocycles. The molecule has 2 heterocycles. The molecule has 2 atom stereocenters. The van der Waals surface area contributed by atoms with Gasteiger partial charge in [-0.3, -0.25) is 14.5 Å². The summed E-state index contributed by atoms with van der Waals surface area (Å²) in [5, 5.41) is 9.96. The zero-order valence-corrected chi connectivity index (χ0v) is 15.2. The molecule has 140 valence electrons. The average Bonchev–Trinajstić information content (AvgIpc) is 3.26. The maximum Gasteiger partial charge on any atom is 0.313 e. The molecule has 1 N–H and O–H groups in total. The zero-order valence-electron chi connectivity index (χ0n) is 15.2. The van der Waals surface area contributed by atoms with Crippen molar-refractivity contribution in [3.05, 3.63) is 35.9 Å². The normalized spacial score (nSPS) is 29.6. The summed E-state index contributed by atoms with van der Waals surface area (Å²) in [6.45, 7) is 3.43. The number of fused-ring (bicyclic) bond motifs is 1. The van der Waals surface area contributed by atoms with E-state index < -0.39 is 16.8 Å². The molecule has 6 heteroatoms. The van der Waals surface area contributed by atoms with Gasteiger partial charge in [-0.25, -0.2) is 0 Å². The van der Waals surface area contributed by atoms with Crippen LogP contribution in [0.1, 0.15) is 18.4 Å². The number of hydrogen-bond acceptors (Lipinski definition) is 4. The van der Waals surface area contributed by atoms with Gasteiger partial charge in [-0.2, -0.15) is 0 Å². The van der Waals surface area contributed by atoms with Crippen molar-refractivity contribution in [3.63, 3.8) is 0 Å². The molecule has 1 aromatic carbocycles. The number of aliphatic carboxylic acids is 1. The highest BCUT2D eigenvalue weighted by atomic mass is 16.5. The SMILES string of the molecule is COCCN1C[C@@H]2CN(C(=O)C3(c4ccccc4)CC3)C[C@]2(C(=O)O)C1. The van der Waals surface area contributed by atoms with Crippen molar-refractivity contribution in [2.75, 3.05) is 46.4 Å². The number of carboxylic acid groups (broad SMARTS) is 1. The first-order chi connectivity index (χ1) is 12.5. The van der Waals surface area contributed by atoms with E-state index in [0.29, 0.717) is 26.2 Å². The third kappa shape index (κ3) is 2.63. The highest BCUT2D eigenvalue weighted by Gasteiger charge is 2.61. The van der Waals surface area contributed by atoms with E-state index in [1.807, 2.05) is 35.2 Å². The highest BCUT2D eigenvalue weighted by Crippen LogP contribution is 2.52. The fraction of sp³-hybridized carbons (Fsp3) is 0.600. The lowest BCUT2D eigenvalue weighted by molar-refractivity contribution is -0.149. The van der Waals surface area contributed by atoms with E-state index in [9.17, 15) is 14.7 Å². The van der Waals surface area contributed by atoms with Gasteiger partial charge in [0.25, 0.3) is 0 Å². The maximum absolute atomic E-state index is 13.3. The Hall–Kier alpha value is -1.92. The van der Waals surface area contributed by atoms with E-state index in [-0.39, 0.29) is 11.8 Å². The van der Waals surface area contributed by atoms with Crippen molar-refractivity contribution in [1.29, 1.82) is 0 Å². The van der Waals surface area contributed by atoms with Crippen molar-refractivity contribution in [1.82, 2.24) is 9.80 Å². The number of amides is 1. The van der Waals surface area contributed by atoms with Crippen LogP contribution in [0.3, 0.4) is 0 Å². The molecule has 1 saturated carbocycles. The Morgan fingerprint density at radius 3 is 2.50 bits per heavy atom. The van der Waals surface area contributed by atoms with Gasteiger partial charge < -0.3 is 14.7 Å². The first-order valence-electron chi connectivity index (χ1n) is 9.31. The summed E-state index contributed by atoms with van der Waals surface area (Å²) >= 11 is 0. The number of ether oxygens (including phenoxy) is 1. The summed E-state index contributed by atoms with van der Waals surface area (Å²) in [7, 11) is 1.66. The van der Waals surface area contributed by atoms with Crippen LogP contribution in [0.25, 0.3) is 0 Å². The van der Waals surface area contributed by atoms with E-state index >= 15 is 0 Å². The maximum atomic E-state index is 13.3. The number of methoxy groups -OCH3 is 1. The number of carboxylic acids is 1.